The molecule has 0 radical (unpaired) electrons. The van der Waals surface area contributed by atoms with Crippen LogP contribution in [0.5, 0.6) is 11.5 Å². The Morgan fingerprint density at radius 2 is 0.800 bits per heavy atom. The van der Waals surface area contributed by atoms with Crippen molar-refractivity contribution in [2.75, 3.05) is 0 Å². The van der Waals surface area contributed by atoms with E-state index in [1.54, 1.807) is 0 Å². The van der Waals surface area contributed by atoms with Crippen LogP contribution in [0.3, 0.4) is 0 Å². The molecule has 0 unspecified atom stereocenters. The van der Waals surface area contributed by atoms with E-state index >= 15 is 0 Å². The summed E-state index contributed by atoms with van der Waals surface area (Å²) < 4.78 is 6.55. The van der Waals surface area contributed by atoms with Crippen molar-refractivity contribution in [2.24, 2.45) is 0 Å². The third kappa shape index (κ3) is 4.22. The Morgan fingerprint density at radius 3 is 1.48 bits per heavy atom. The molecule has 8 aromatic rings. The van der Waals surface area contributed by atoms with Gasteiger partial charge in [-0.2, -0.15) is 0 Å². The number of hydrogen-bond donors (Lipinski definition) is 0. The predicted molar refractivity (Wildman–Crippen MR) is 199 cm³/mol. The van der Waals surface area contributed by atoms with Gasteiger partial charge in [-0.3, -0.25) is 0 Å². The van der Waals surface area contributed by atoms with Gasteiger partial charge in [-0.15, -0.1) is 0 Å². The Morgan fingerprint density at radius 1 is 0.320 bits per heavy atom. The fraction of sp³-hybridized carbons (Fsp3) is 0.0217. The summed E-state index contributed by atoms with van der Waals surface area (Å²) in [5.74, 6) is 3.62. The van der Waals surface area contributed by atoms with Gasteiger partial charge in [0.15, 0.2) is 17.5 Å². The largest absolute Gasteiger partial charge is 0.457 e. The van der Waals surface area contributed by atoms with Crippen molar-refractivity contribution < 1.29 is 4.74 Å². The van der Waals surface area contributed by atoms with Crippen molar-refractivity contribution in [3.05, 3.63) is 198 Å². The summed E-state index contributed by atoms with van der Waals surface area (Å²) in [7, 11) is 0. The van der Waals surface area contributed by atoms with Gasteiger partial charge in [-0.05, 0) is 51.6 Å². The van der Waals surface area contributed by atoms with Crippen molar-refractivity contribution >= 4 is 0 Å². The minimum absolute atomic E-state index is 0.578. The lowest BCUT2D eigenvalue weighted by Crippen LogP contribution is -2.32. The van der Waals surface area contributed by atoms with Gasteiger partial charge in [0, 0.05) is 27.8 Å². The molecule has 10 rings (SSSR count). The Kier molecular flexibility index (Phi) is 6.36. The predicted octanol–water partition coefficient (Wildman–Crippen LogP) is 11.0. The van der Waals surface area contributed by atoms with Crippen LogP contribution in [0.2, 0.25) is 0 Å². The molecule has 1 aliphatic heterocycles. The van der Waals surface area contributed by atoms with Crippen molar-refractivity contribution in [3.63, 3.8) is 0 Å². The average molecular weight is 640 g/mol. The molecule has 0 amide bonds. The van der Waals surface area contributed by atoms with Crippen LogP contribution in [0.4, 0.5) is 0 Å². The summed E-state index contributed by atoms with van der Waals surface area (Å²) in [5.41, 5.74) is 11.5. The standard InChI is InChI=1S/C46H29N3O/c1-3-15-30(16-4-1)33-19-7-8-21-36(33)45-48-43(31-17-5-2-6-18-31)47-44(49-45)32-27-28-35-34-20-9-10-22-37(34)46(40(35)29-32)38-23-11-13-25-41(38)50-42-26-14-12-24-39(42)46/h1-29H. The van der Waals surface area contributed by atoms with Crippen LogP contribution in [-0.2, 0) is 5.41 Å². The minimum atomic E-state index is -0.578. The minimum Gasteiger partial charge on any atom is -0.457 e. The van der Waals surface area contributed by atoms with E-state index in [0.717, 1.165) is 50.4 Å². The van der Waals surface area contributed by atoms with E-state index in [9.17, 15) is 0 Å². The van der Waals surface area contributed by atoms with E-state index in [0.29, 0.717) is 17.5 Å². The summed E-state index contributed by atoms with van der Waals surface area (Å²) in [5, 5.41) is 0. The van der Waals surface area contributed by atoms with Crippen molar-refractivity contribution in [3.8, 4) is 67.9 Å². The third-order valence-electron chi connectivity index (χ3n) is 10.0. The molecule has 1 spiro atoms. The fourth-order valence-electron chi connectivity index (χ4n) is 7.88. The van der Waals surface area contributed by atoms with Crippen LogP contribution in [0.1, 0.15) is 22.3 Å². The fourth-order valence-corrected chi connectivity index (χ4v) is 7.88. The molecule has 2 aliphatic rings. The molecule has 7 aromatic carbocycles. The van der Waals surface area contributed by atoms with Crippen LogP contribution < -0.4 is 4.74 Å². The zero-order chi connectivity index (χ0) is 33.1. The van der Waals surface area contributed by atoms with E-state index in [2.05, 4.69) is 133 Å². The molecular formula is C46H29N3O. The lowest BCUT2D eigenvalue weighted by Gasteiger charge is -2.39. The van der Waals surface area contributed by atoms with Gasteiger partial charge < -0.3 is 4.74 Å². The number of ether oxygens (including phenoxy) is 1. The second-order valence-corrected chi connectivity index (χ2v) is 12.7. The highest BCUT2D eigenvalue weighted by molar-refractivity contribution is 5.90. The highest BCUT2D eigenvalue weighted by Crippen LogP contribution is 2.62. The molecule has 0 fully saturated rings. The summed E-state index contributed by atoms with van der Waals surface area (Å²) >= 11 is 0. The number of fused-ring (bicyclic) bond motifs is 9. The number of aromatic nitrogens is 3. The van der Waals surface area contributed by atoms with Gasteiger partial charge >= 0.3 is 0 Å². The van der Waals surface area contributed by atoms with Crippen molar-refractivity contribution in [1.82, 2.24) is 15.0 Å². The van der Waals surface area contributed by atoms with Crippen molar-refractivity contribution in [1.29, 1.82) is 0 Å². The molecule has 0 saturated heterocycles. The van der Waals surface area contributed by atoms with Gasteiger partial charge in [0.25, 0.3) is 0 Å². The van der Waals surface area contributed by atoms with E-state index in [1.807, 2.05) is 42.5 Å². The molecule has 234 valence electrons. The van der Waals surface area contributed by atoms with Gasteiger partial charge in [-0.25, -0.2) is 15.0 Å². The molecule has 1 aliphatic carbocycles. The Labute approximate surface area is 290 Å². The Balaban J connectivity index is 1.24. The SMILES string of the molecule is c1ccc(-c2nc(-c3ccc4c(c3)C3(c5ccccc5Oc5ccccc53)c3ccccc3-4)nc(-c3ccccc3-c3ccccc3)n2)cc1. The average Bonchev–Trinajstić information content (AvgIpc) is 3.48. The molecule has 4 nitrogen and oxygen atoms in total. The Hall–Kier alpha value is -6.65. The summed E-state index contributed by atoms with van der Waals surface area (Å²) in [6, 6.07) is 61.2. The zero-order valence-electron chi connectivity index (χ0n) is 27.0. The number of para-hydroxylation sites is 2. The summed E-state index contributed by atoms with van der Waals surface area (Å²) in [4.78, 5) is 15.5. The smallest absolute Gasteiger partial charge is 0.164 e. The zero-order valence-corrected chi connectivity index (χ0v) is 27.0. The topological polar surface area (TPSA) is 47.9 Å². The van der Waals surface area contributed by atoms with E-state index in [4.69, 9.17) is 19.7 Å². The first-order chi connectivity index (χ1) is 24.8. The number of nitrogens with zero attached hydrogens (tertiary/aromatic N) is 3. The molecule has 0 bridgehead atoms. The molecule has 0 saturated carbocycles. The van der Waals surface area contributed by atoms with E-state index in [-0.39, 0.29) is 0 Å². The molecule has 4 heteroatoms. The van der Waals surface area contributed by atoms with Crippen LogP contribution in [-0.4, -0.2) is 15.0 Å². The third-order valence-corrected chi connectivity index (χ3v) is 10.0. The van der Waals surface area contributed by atoms with Crippen LogP contribution in [0.25, 0.3) is 56.4 Å². The monoisotopic (exact) mass is 639 g/mol. The maximum Gasteiger partial charge on any atom is 0.164 e. The summed E-state index contributed by atoms with van der Waals surface area (Å²) in [6.07, 6.45) is 0. The maximum absolute atomic E-state index is 6.55. The molecule has 0 N–H and O–H groups in total. The Bertz CT molecular complexity index is 2530. The number of benzene rings is 7. The highest BCUT2D eigenvalue weighted by Gasteiger charge is 2.51. The number of hydrogen-bond acceptors (Lipinski definition) is 4. The van der Waals surface area contributed by atoms with Crippen LogP contribution in [0, 0.1) is 0 Å². The second kappa shape index (κ2) is 11.2. The quantitative estimate of drug-likeness (QED) is 0.192. The molecular weight excluding hydrogens is 611 g/mol. The van der Waals surface area contributed by atoms with Gasteiger partial charge in [0.05, 0.1) is 5.41 Å². The second-order valence-electron chi connectivity index (χ2n) is 12.7. The molecule has 50 heavy (non-hydrogen) atoms. The lowest BCUT2D eigenvalue weighted by atomic mass is 9.66. The molecule has 2 heterocycles. The number of rotatable bonds is 4. The first-order valence-electron chi connectivity index (χ1n) is 16.9. The van der Waals surface area contributed by atoms with E-state index in [1.165, 1.54) is 22.3 Å². The lowest BCUT2D eigenvalue weighted by molar-refractivity contribution is 0.436. The normalized spacial score (nSPS) is 13.1. The van der Waals surface area contributed by atoms with Crippen molar-refractivity contribution in [2.45, 2.75) is 5.41 Å². The van der Waals surface area contributed by atoms with Gasteiger partial charge in [0.2, 0.25) is 0 Å². The summed E-state index contributed by atoms with van der Waals surface area (Å²) in [6.45, 7) is 0. The maximum atomic E-state index is 6.55. The highest BCUT2D eigenvalue weighted by atomic mass is 16.5. The van der Waals surface area contributed by atoms with Crippen LogP contribution >= 0.6 is 0 Å². The van der Waals surface area contributed by atoms with E-state index < -0.39 is 5.41 Å². The van der Waals surface area contributed by atoms with Gasteiger partial charge in [-0.1, -0.05) is 158 Å². The van der Waals surface area contributed by atoms with Crippen LogP contribution in [0.15, 0.2) is 176 Å². The first kappa shape index (κ1) is 28.4. The first-order valence-corrected chi connectivity index (χ1v) is 16.9. The van der Waals surface area contributed by atoms with Gasteiger partial charge in [0.1, 0.15) is 11.5 Å². The molecule has 1 aromatic heterocycles. The molecule has 0 atom stereocenters.